The van der Waals surface area contributed by atoms with Crippen LogP contribution in [0.2, 0.25) is 5.02 Å². The van der Waals surface area contributed by atoms with Gasteiger partial charge in [0.15, 0.2) is 0 Å². The number of carbonyl (C=O) groups is 1. The van der Waals surface area contributed by atoms with Crippen molar-refractivity contribution in [2.75, 3.05) is 37.7 Å². The van der Waals surface area contributed by atoms with Gasteiger partial charge in [0.05, 0.1) is 18.7 Å². The van der Waals surface area contributed by atoms with Gasteiger partial charge in [-0.25, -0.2) is 9.97 Å². The van der Waals surface area contributed by atoms with E-state index in [2.05, 4.69) is 18.7 Å². The summed E-state index contributed by atoms with van der Waals surface area (Å²) in [6, 6.07) is 6.00. The van der Waals surface area contributed by atoms with Gasteiger partial charge in [0, 0.05) is 48.4 Å². The molecule has 1 aliphatic heterocycles. The van der Waals surface area contributed by atoms with Crippen molar-refractivity contribution in [3.05, 3.63) is 29.0 Å². The lowest BCUT2D eigenvalue weighted by Crippen LogP contribution is -2.43. The highest BCUT2D eigenvalue weighted by Gasteiger charge is 2.29. The van der Waals surface area contributed by atoms with Crippen LogP contribution in [0.25, 0.3) is 10.9 Å². The fraction of sp³-hybridized carbons (Fsp3) is 0.571. The molecule has 1 aromatic heterocycles. The third-order valence-electron chi connectivity index (χ3n) is 5.42. The van der Waals surface area contributed by atoms with Gasteiger partial charge in [-0.05, 0) is 44.9 Å². The molecule has 7 heteroatoms. The zero-order valence-electron chi connectivity index (χ0n) is 16.5. The quantitative estimate of drug-likeness (QED) is 0.738. The van der Waals surface area contributed by atoms with Crippen LogP contribution in [0.15, 0.2) is 18.2 Å². The second-order valence-electron chi connectivity index (χ2n) is 7.87. The Bertz CT molecular complexity index is 863. The summed E-state index contributed by atoms with van der Waals surface area (Å²) < 4.78 is 5.35. The topological polar surface area (TPSA) is 58.6 Å². The van der Waals surface area contributed by atoms with Gasteiger partial charge < -0.3 is 14.5 Å². The Hall–Kier alpha value is -1.92. The number of carbonyl (C=O) groups excluding carboxylic acids is 1. The Balaban J connectivity index is 1.61. The number of hydrogen-bond donors (Lipinski definition) is 0. The molecular formula is C21H27ClN4O2. The first kappa shape index (κ1) is 19.4. The minimum Gasteiger partial charge on any atom is -0.378 e. The normalized spacial score (nSPS) is 17.4. The van der Waals surface area contributed by atoms with Gasteiger partial charge in [-0.1, -0.05) is 11.6 Å². The zero-order valence-corrected chi connectivity index (χ0v) is 17.3. The number of hydrogen-bond acceptors (Lipinski definition) is 5. The molecular weight excluding hydrogens is 376 g/mol. The smallest absolute Gasteiger partial charge is 0.224 e. The molecule has 0 atom stereocenters. The Labute approximate surface area is 170 Å². The van der Waals surface area contributed by atoms with Crippen molar-refractivity contribution in [3.8, 4) is 0 Å². The molecule has 0 spiro atoms. The van der Waals surface area contributed by atoms with Gasteiger partial charge in [0.2, 0.25) is 5.91 Å². The van der Waals surface area contributed by atoms with Crippen LogP contribution in [0.5, 0.6) is 0 Å². The number of rotatable bonds is 6. The summed E-state index contributed by atoms with van der Waals surface area (Å²) in [7, 11) is 0. The lowest BCUT2D eigenvalue weighted by atomic mass is 10.1. The molecule has 1 amide bonds. The van der Waals surface area contributed by atoms with Crippen LogP contribution in [0.3, 0.4) is 0 Å². The van der Waals surface area contributed by atoms with Gasteiger partial charge in [-0.2, -0.15) is 0 Å². The second kappa shape index (κ2) is 8.21. The summed E-state index contributed by atoms with van der Waals surface area (Å²) in [6.07, 6.45) is 2.75. The number of nitrogens with zero attached hydrogens (tertiary/aromatic N) is 4. The molecule has 1 saturated heterocycles. The highest BCUT2D eigenvalue weighted by atomic mass is 35.5. The summed E-state index contributed by atoms with van der Waals surface area (Å²) >= 11 is 6.22. The van der Waals surface area contributed by atoms with E-state index in [4.69, 9.17) is 26.3 Å². The molecule has 2 aromatic rings. The number of fused-ring (bicyclic) bond motifs is 1. The first-order valence-corrected chi connectivity index (χ1v) is 10.5. The van der Waals surface area contributed by atoms with E-state index in [1.54, 1.807) is 0 Å². The van der Waals surface area contributed by atoms with Crippen LogP contribution in [0.1, 0.15) is 44.9 Å². The average Bonchev–Trinajstić information content (AvgIpc) is 3.53. The first-order chi connectivity index (χ1) is 13.5. The van der Waals surface area contributed by atoms with Crippen molar-refractivity contribution < 1.29 is 9.53 Å². The third kappa shape index (κ3) is 4.23. The standard InChI is InChI=1S/C21H27ClN4O2/c1-14(2)26(8-7-19(27)25-9-11-28-12-10-25)21-17-6-5-16(22)13-18(17)23-20(24-21)15-3-4-15/h5-6,13-15H,3-4,7-12H2,1-2H3. The second-order valence-corrected chi connectivity index (χ2v) is 8.31. The summed E-state index contributed by atoms with van der Waals surface area (Å²) in [6.45, 7) is 7.53. The van der Waals surface area contributed by atoms with E-state index in [1.807, 2.05) is 23.1 Å². The molecule has 1 aliphatic carbocycles. The Kier molecular flexibility index (Phi) is 5.69. The number of anilines is 1. The van der Waals surface area contributed by atoms with Crippen LogP contribution in [0, 0.1) is 0 Å². The molecule has 2 fully saturated rings. The lowest BCUT2D eigenvalue weighted by Gasteiger charge is -2.31. The number of benzene rings is 1. The largest absolute Gasteiger partial charge is 0.378 e. The molecule has 0 radical (unpaired) electrons. The van der Waals surface area contributed by atoms with E-state index in [9.17, 15) is 4.79 Å². The molecule has 2 heterocycles. The summed E-state index contributed by atoms with van der Waals surface area (Å²) in [5.41, 5.74) is 0.879. The summed E-state index contributed by atoms with van der Waals surface area (Å²) in [4.78, 5) is 26.5. The fourth-order valence-electron chi connectivity index (χ4n) is 3.64. The van der Waals surface area contributed by atoms with Crippen molar-refractivity contribution in [2.45, 2.75) is 45.1 Å². The van der Waals surface area contributed by atoms with Gasteiger partial charge >= 0.3 is 0 Å². The van der Waals surface area contributed by atoms with Crippen molar-refractivity contribution in [3.63, 3.8) is 0 Å². The number of amides is 1. The number of ether oxygens (including phenoxy) is 1. The molecule has 28 heavy (non-hydrogen) atoms. The van der Waals surface area contributed by atoms with E-state index in [0.717, 1.165) is 35.4 Å². The number of halogens is 1. The predicted molar refractivity (Wildman–Crippen MR) is 111 cm³/mol. The highest BCUT2D eigenvalue weighted by molar-refractivity contribution is 6.31. The molecule has 1 saturated carbocycles. The lowest BCUT2D eigenvalue weighted by molar-refractivity contribution is -0.135. The van der Waals surface area contributed by atoms with Gasteiger partial charge in [0.1, 0.15) is 11.6 Å². The molecule has 6 nitrogen and oxygen atoms in total. The Morgan fingerprint density at radius 2 is 2.04 bits per heavy atom. The van der Waals surface area contributed by atoms with E-state index in [0.29, 0.717) is 50.2 Å². The monoisotopic (exact) mass is 402 g/mol. The first-order valence-electron chi connectivity index (χ1n) is 10.1. The SMILES string of the molecule is CC(C)N(CCC(=O)N1CCOCC1)c1nc(C2CC2)nc2cc(Cl)ccc12. The molecule has 4 rings (SSSR count). The Morgan fingerprint density at radius 1 is 1.29 bits per heavy atom. The summed E-state index contributed by atoms with van der Waals surface area (Å²) in [5, 5.41) is 1.67. The molecule has 1 aromatic carbocycles. The van der Waals surface area contributed by atoms with Crippen molar-refractivity contribution >= 4 is 34.2 Å². The van der Waals surface area contributed by atoms with Crippen LogP contribution in [-0.4, -0.2) is 59.7 Å². The minimum atomic E-state index is 0.178. The van der Waals surface area contributed by atoms with Crippen molar-refractivity contribution in [1.82, 2.24) is 14.9 Å². The third-order valence-corrected chi connectivity index (χ3v) is 5.66. The summed E-state index contributed by atoms with van der Waals surface area (Å²) in [5.74, 6) is 2.44. The number of morpholine rings is 1. The molecule has 0 unspecified atom stereocenters. The highest BCUT2D eigenvalue weighted by Crippen LogP contribution is 2.40. The molecule has 150 valence electrons. The fourth-order valence-corrected chi connectivity index (χ4v) is 3.81. The van der Waals surface area contributed by atoms with E-state index >= 15 is 0 Å². The molecule has 0 N–H and O–H groups in total. The maximum atomic E-state index is 12.6. The van der Waals surface area contributed by atoms with Crippen LogP contribution >= 0.6 is 11.6 Å². The van der Waals surface area contributed by atoms with Crippen LogP contribution < -0.4 is 4.90 Å². The molecule has 0 bridgehead atoms. The van der Waals surface area contributed by atoms with E-state index < -0.39 is 0 Å². The minimum absolute atomic E-state index is 0.178. The van der Waals surface area contributed by atoms with Crippen LogP contribution in [0.4, 0.5) is 5.82 Å². The Morgan fingerprint density at radius 3 is 2.71 bits per heavy atom. The maximum absolute atomic E-state index is 12.6. The van der Waals surface area contributed by atoms with Gasteiger partial charge in [0.25, 0.3) is 0 Å². The predicted octanol–water partition coefficient (Wildman–Crippen LogP) is 3.62. The molecule has 2 aliphatic rings. The van der Waals surface area contributed by atoms with Crippen molar-refractivity contribution in [2.24, 2.45) is 0 Å². The van der Waals surface area contributed by atoms with E-state index in [-0.39, 0.29) is 11.9 Å². The van der Waals surface area contributed by atoms with Crippen molar-refractivity contribution in [1.29, 1.82) is 0 Å². The average molecular weight is 403 g/mol. The zero-order chi connectivity index (χ0) is 19.7. The maximum Gasteiger partial charge on any atom is 0.224 e. The van der Waals surface area contributed by atoms with Gasteiger partial charge in [-0.15, -0.1) is 0 Å². The van der Waals surface area contributed by atoms with Crippen LogP contribution in [-0.2, 0) is 9.53 Å². The number of aromatic nitrogens is 2. The van der Waals surface area contributed by atoms with E-state index in [1.165, 1.54) is 0 Å². The van der Waals surface area contributed by atoms with Gasteiger partial charge in [-0.3, -0.25) is 4.79 Å².